The van der Waals surface area contributed by atoms with Crippen LogP contribution >= 0.6 is 0 Å². The van der Waals surface area contributed by atoms with Crippen molar-refractivity contribution < 1.29 is 10.2 Å². The van der Waals surface area contributed by atoms with Crippen molar-refractivity contribution >= 4 is 5.69 Å². The van der Waals surface area contributed by atoms with Crippen LogP contribution in [-0.2, 0) is 0 Å². The number of hydrogen-bond acceptors (Lipinski definition) is 4. The molecule has 1 aliphatic carbocycles. The molecule has 1 heterocycles. The van der Waals surface area contributed by atoms with Crippen LogP contribution < -0.4 is 4.90 Å². The van der Waals surface area contributed by atoms with E-state index in [1.807, 2.05) is 12.1 Å². The normalized spacial score (nSPS) is 17.9. The average molecular weight is 250 g/mol. The highest BCUT2D eigenvalue weighted by molar-refractivity contribution is 5.46. The molecule has 4 nitrogen and oxygen atoms in total. The fourth-order valence-corrected chi connectivity index (χ4v) is 2.66. The zero-order valence-corrected chi connectivity index (χ0v) is 10.9. The van der Waals surface area contributed by atoms with Gasteiger partial charge in [-0.1, -0.05) is 12.8 Å². The van der Waals surface area contributed by atoms with Crippen LogP contribution in [-0.4, -0.2) is 34.4 Å². The summed E-state index contributed by atoms with van der Waals surface area (Å²) in [5, 5.41) is 18.7. The smallest absolute Gasteiger partial charge is 0.0931 e. The molecule has 1 aromatic heterocycles. The molecule has 0 radical (unpaired) electrons. The third kappa shape index (κ3) is 3.00. The van der Waals surface area contributed by atoms with Crippen molar-refractivity contribution in [3.63, 3.8) is 0 Å². The minimum absolute atomic E-state index is 0.161. The Kier molecular flexibility index (Phi) is 4.55. The molecule has 4 heteroatoms. The topological polar surface area (TPSA) is 56.6 Å². The zero-order valence-electron chi connectivity index (χ0n) is 10.9. The predicted molar refractivity (Wildman–Crippen MR) is 71.6 cm³/mol. The quantitative estimate of drug-likeness (QED) is 0.837. The van der Waals surface area contributed by atoms with E-state index in [0.717, 1.165) is 5.69 Å². The van der Waals surface area contributed by atoms with Crippen molar-refractivity contribution in [2.75, 3.05) is 18.1 Å². The van der Waals surface area contributed by atoms with Gasteiger partial charge in [0.1, 0.15) is 0 Å². The molecule has 2 N–H and O–H groups in total. The Morgan fingerprint density at radius 3 is 2.61 bits per heavy atom. The summed E-state index contributed by atoms with van der Waals surface area (Å²) < 4.78 is 0. The van der Waals surface area contributed by atoms with Crippen LogP contribution in [0.25, 0.3) is 0 Å². The van der Waals surface area contributed by atoms with Gasteiger partial charge in [-0.05, 0) is 31.9 Å². The molecule has 1 fully saturated rings. The summed E-state index contributed by atoms with van der Waals surface area (Å²) in [6.07, 6.45) is 6.20. The molecule has 18 heavy (non-hydrogen) atoms. The van der Waals surface area contributed by atoms with Crippen LogP contribution in [0, 0.1) is 0 Å². The summed E-state index contributed by atoms with van der Waals surface area (Å²) >= 11 is 0. The van der Waals surface area contributed by atoms with Gasteiger partial charge in [-0.25, -0.2) is 0 Å². The number of aromatic nitrogens is 1. The molecule has 0 unspecified atom stereocenters. The summed E-state index contributed by atoms with van der Waals surface area (Å²) in [7, 11) is 0. The maximum absolute atomic E-state index is 9.45. The molecule has 0 spiro atoms. The Labute approximate surface area is 108 Å². The molecule has 1 saturated carbocycles. The van der Waals surface area contributed by atoms with Crippen molar-refractivity contribution in [3.8, 4) is 0 Å². The van der Waals surface area contributed by atoms with E-state index in [2.05, 4.69) is 9.88 Å². The predicted octanol–water partition coefficient (Wildman–Crippen LogP) is 1.88. The number of pyridine rings is 1. The molecular weight excluding hydrogens is 228 g/mol. The molecule has 0 amide bonds. The van der Waals surface area contributed by atoms with Crippen molar-refractivity contribution in [2.45, 2.75) is 44.8 Å². The van der Waals surface area contributed by atoms with Gasteiger partial charge in [0.05, 0.1) is 30.3 Å². The summed E-state index contributed by atoms with van der Waals surface area (Å²) in [5.74, 6) is 0. The number of anilines is 1. The Morgan fingerprint density at radius 1 is 1.39 bits per heavy atom. The zero-order chi connectivity index (χ0) is 13.0. The van der Waals surface area contributed by atoms with Crippen molar-refractivity contribution in [1.29, 1.82) is 0 Å². The van der Waals surface area contributed by atoms with E-state index in [1.54, 1.807) is 13.1 Å². The molecule has 1 aromatic rings. The van der Waals surface area contributed by atoms with E-state index in [9.17, 15) is 10.2 Å². The van der Waals surface area contributed by atoms with Crippen LogP contribution in [0.4, 0.5) is 5.69 Å². The fourth-order valence-electron chi connectivity index (χ4n) is 2.66. The SMILES string of the molecule is C[C@@H](O)c1ccc(N(CCO)C2CCCC2)cn1. The molecule has 1 aliphatic rings. The van der Waals surface area contributed by atoms with Gasteiger partial charge in [0.15, 0.2) is 0 Å². The second-order valence-electron chi connectivity index (χ2n) is 4.97. The lowest BCUT2D eigenvalue weighted by atomic mass is 10.1. The second-order valence-corrected chi connectivity index (χ2v) is 4.97. The van der Waals surface area contributed by atoms with Gasteiger partial charge in [0, 0.05) is 12.6 Å². The fraction of sp³-hybridized carbons (Fsp3) is 0.643. The minimum atomic E-state index is -0.531. The van der Waals surface area contributed by atoms with Crippen LogP contribution in [0.2, 0.25) is 0 Å². The monoisotopic (exact) mass is 250 g/mol. The van der Waals surface area contributed by atoms with E-state index in [1.165, 1.54) is 25.7 Å². The van der Waals surface area contributed by atoms with Crippen LogP contribution in [0.3, 0.4) is 0 Å². The number of hydrogen-bond donors (Lipinski definition) is 2. The molecule has 100 valence electrons. The molecule has 2 rings (SSSR count). The standard InChI is InChI=1S/C14H22N2O2/c1-11(18)14-7-6-13(10-15-14)16(8-9-17)12-4-2-3-5-12/h6-7,10-12,17-18H,2-5,8-9H2,1H3/t11-/m1/s1. The highest BCUT2D eigenvalue weighted by Gasteiger charge is 2.22. The van der Waals surface area contributed by atoms with Gasteiger partial charge in [-0.2, -0.15) is 0 Å². The maximum atomic E-state index is 9.45. The molecule has 1 atom stereocenters. The summed E-state index contributed by atoms with van der Waals surface area (Å²) in [5.41, 5.74) is 1.73. The van der Waals surface area contributed by atoms with E-state index in [0.29, 0.717) is 18.3 Å². The lowest BCUT2D eigenvalue weighted by Crippen LogP contribution is -2.35. The number of aliphatic hydroxyl groups excluding tert-OH is 2. The van der Waals surface area contributed by atoms with Crippen molar-refractivity contribution in [3.05, 3.63) is 24.0 Å². The van der Waals surface area contributed by atoms with Gasteiger partial charge < -0.3 is 15.1 Å². The lowest BCUT2D eigenvalue weighted by Gasteiger charge is -2.30. The summed E-state index contributed by atoms with van der Waals surface area (Å²) in [4.78, 5) is 6.52. The molecular formula is C14H22N2O2. The average Bonchev–Trinajstić information content (AvgIpc) is 2.90. The first-order valence-corrected chi connectivity index (χ1v) is 6.74. The van der Waals surface area contributed by atoms with Crippen molar-refractivity contribution in [1.82, 2.24) is 4.98 Å². The third-order valence-corrected chi connectivity index (χ3v) is 3.64. The first-order chi connectivity index (χ1) is 8.72. The minimum Gasteiger partial charge on any atom is -0.395 e. The number of nitrogens with zero attached hydrogens (tertiary/aromatic N) is 2. The van der Waals surface area contributed by atoms with Gasteiger partial charge in [-0.3, -0.25) is 4.98 Å². The number of rotatable bonds is 5. The van der Waals surface area contributed by atoms with Gasteiger partial charge >= 0.3 is 0 Å². The highest BCUT2D eigenvalue weighted by atomic mass is 16.3. The molecule has 0 aliphatic heterocycles. The van der Waals surface area contributed by atoms with E-state index < -0.39 is 6.10 Å². The van der Waals surface area contributed by atoms with Crippen LogP contribution in [0.1, 0.15) is 44.4 Å². The van der Waals surface area contributed by atoms with Gasteiger partial charge in [0.2, 0.25) is 0 Å². The lowest BCUT2D eigenvalue weighted by molar-refractivity contribution is 0.194. The highest BCUT2D eigenvalue weighted by Crippen LogP contribution is 2.28. The summed E-state index contributed by atoms with van der Waals surface area (Å²) in [6, 6.07) is 4.37. The largest absolute Gasteiger partial charge is 0.395 e. The Morgan fingerprint density at radius 2 is 2.11 bits per heavy atom. The van der Waals surface area contributed by atoms with Crippen LogP contribution in [0.5, 0.6) is 0 Å². The third-order valence-electron chi connectivity index (χ3n) is 3.64. The van der Waals surface area contributed by atoms with Gasteiger partial charge in [0.25, 0.3) is 0 Å². The van der Waals surface area contributed by atoms with Crippen LogP contribution in [0.15, 0.2) is 18.3 Å². The van der Waals surface area contributed by atoms with E-state index in [4.69, 9.17) is 0 Å². The Balaban J connectivity index is 2.14. The Bertz CT molecular complexity index is 359. The number of aliphatic hydroxyl groups is 2. The first-order valence-electron chi connectivity index (χ1n) is 6.74. The first kappa shape index (κ1) is 13.3. The summed E-state index contributed by atoms with van der Waals surface area (Å²) in [6.45, 7) is 2.53. The van der Waals surface area contributed by atoms with Crippen molar-refractivity contribution in [2.24, 2.45) is 0 Å². The molecule has 0 aromatic carbocycles. The molecule has 0 bridgehead atoms. The van der Waals surface area contributed by atoms with E-state index in [-0.39, 0.29) is 6.61 Å². The maximum Gasteiger partial charge on any atom is 0.0931 e. The Hall–Kier alpha value is -1.13. The van der Waals surface area contributed by atoms with E-state index >= 15 is 0 Å². The molecule has 0 saturated heterocycles. The second kappa shape index (κ2) is 6.16. The van der Waals surface area contributed by atoms with Gasteiger partial charge in [-0.15, -0.1) is 0 Å².